The first kappa shape index (κ1) is 11.9. The summed E-state index contributed by atoms with van der Waals surface area (Å²) in [5.74, 6) is 0.682. The third-order valence-corrected chi connectivity index (χ3v) is 3.80. The van der Waals surface area contributed by atoms with E-state index in [2.05, 4.69) is 47.0 Å². The van der Waals surface area contributed by atoms with Gasteiger partial charge in [-0.3, -0.25) is 4.40 Å². The van der Waals surface area contributed by atoms with Crippen molar-refractivity contribution in [2.45, 2.75) is 6.42 Å². The highest BCUT2D eigenvalue weighted by atomic mass is 15.0. The number of benzene rings is 1. The van der Waals surface area contributed by atoms with Gasteiger partial charge in [0.05, 0.1) is 17.6 Å². The molecule has 3 aromatic rings. The fourth-order valence-electron chi connectivity index (χ4n) is 2.71. The van der Waals surface area contributed by atoms with Gasteiger partial charge in [0.25, 0.3) is 0 Å². The topological polar surface area (TPSA) is 55.7 Å². The van der Waals surface area contributed by atoms with Gasteiger partial charge in [-0.15, -0.1) is 0 Å². The van der Waals surface area contributed by atoms with E-state index in [1.807, 2.05) is 16.7 Å². The number of fused-ring (bicyclic) bond motifs is 2. The second-order valence-electron chi connectivity index (χ2n) is 5.16. The average molecular weight is 274 g/mol. The van der Waals surface area contributed by atoms with Crippen molar-refractivity contribution in [2.24, 2.45) is 10.7 Å². The highest BCUT2D eigenvalue weighted by molar-refractivity contribution is 5.91. The van der Waals surface area contributed by atoms with Crippen LogP contribution < -0.4 is 5.73 Å². The van der Waals surface area contributed by atoms with Gasteiger partial charge < -0.3 is 5.73 Å². The van der Waals surface area contributed by atoms with Crippen LogP contribution in [-0.4, -0.2) is 15.2 Å². The van der Waals surface area contributed by atoms with Crippen LogP contribution in [-0.2, 0) is 6.42 Å². The number of aliphatic imine (C=N–C) groups is 1. The third-order valence-electron chi connectivity index (χ3n) is 3.80. The van der Waals surface area contributed by atoms with E-state index >= 15 is 0 Å². The molecule has 0 unspecified atom stereocenters. The van der Waals surface area contributed by atoms with Crippen LogP contribution in [0.25, 0.3) is 22.9 Å². The van der Waals surface area contributed by atoms with Crippen LogP contribution in [0.2, 0.25) is 0 Å². The summed E-state index contributed by atoms with van der Waals surface area (Å²) in [6.45, 7) is 3.82. The second-order valence-corrected chi connectivity index (χ2v) is 5.16. The molecule has 2 aromatic heterocycles. The Labute approximate surface area is 122 Å². The Morgan fingerprint density at radius 3 is 2.90 bits per heavy atom. The Hall–Kier alpha value is -2.88. The largest absolute Gasteiger partial charge is 0.387 e. The minimum absolute atomic E-state index is 0.682. The number of hydrogen-bond acceptors (Lipinski definition) is 3. The normalized spacial score (nSPS) is 13.2. The molecule has 0 bridgehead atoms. The van der Waals surface area contributed by atoms with Crippen LogP contribution in [0.5, 0.6) is 0 Å². The van der Waals surface area contributed by atoms with Crippen molar-refractivity contribution >= 4 is 23.2 Å². The second kappa shape index (κ2) is 4.31. The number of imidazole rings is 1. The van der Waals surface area contributed by atoms with E-state index in [0.29, 0.717) is 5.84 Å². The van der Waals surface area contributed by atoms with Gasteiger partial charge in [0, 0.05) is 12.6 Å². The fourth-order valence-corrected chi connectivity index (χ4v) is 2.71. The van der Waals surface area contributed by atoms with Crippen molar-refractivity contribution in [3.8, 4) is 11.1 Å². The first-order valence-electron chi connectivity index (χ1n) is 6.80. The standard InChI is InChI=1S/C17H14N4/c1-2-14-9-19-17-6-5-13(10-21(14)17)11-3-4-12-8-16(18)20-15(12)7-11/h2-7,9-10H,1,8H2,(H2,18,20). The van der Waals surface area contributed by atoms with E-state index in [1.54, 1.807) is 6.08 Å². The molecule has 0 fully saturated rings. The minimum Gasteiger partial charge on any atom is -0.387 e. The number of amidine groups is 1. The Morgan fingerprint density at radius 1 is 1.19 bits per heavy atom. The van der Waals surface area contributed by atoms with Gasteiger partial charge in [0.15, 0.2) is 0 Å². The Bertz CT molecular complexity index is 902. The molecule has 0 amide bonds. The van der Waals surface area contributed by atoms with Gasteiger partial charge in [0.2, 0.25) is 0 Å². The molecular formula is C17H14N4. The van der Waals surface area contributed by atoms with E-state index < -0.39 is 0 Å². The van der Waals surface area contributed by atoms with Crippen LogP contribution in [0.3, 0.4) is 0 Å². The van der Waals surface area contributed by atoms with E-state index in [9.17, 15) is 0 Å². The van der Waals surface area contributed by atoms with Gasteiger partial charge in [0.1, 0.15) is 11.5 Å². The van der Waals surface area contributed by atoms with Gasteiger partial charge in [-0.1, -0.05) is 18.7 Å². The summed E-state index contributed by atoms with van der Waals surface area (Å²) in [4.78, 5) is 8.73. The molecule has 102 valence electrons. The van der Waals surface area contributed by atoms with E-state index in [0.717, 1.165) is 34.6 Å². The van der Waals surface area contributed by atoms with Crippen molar-refractivity contribution in [1.82, 2.24) is 9.38 Å². The number of rotatable bonds is 2. The molecule has 0 aliphatic carbocycles. The molecule has 4 rings (SSSR count). The smallest absolute Gasteiger partial charge is 0.137 e. The number of hydrogen-bond donors (Lipinski definition) is 1. The van der Waals surface area contributed by atoms with Crippen molar-refractivity contribution in [2.75, 3.05) is 0 Å². The number of nitrogens with zero attached hydrogens (tertiary/aromatic N) is 3. The third kappa shape index (κ3) is 1.84. The highest BCUT2D eigenvalue weighted by Gasteiger charge is 2.13. The lowest BCUT2D eigenvalue weighted by Gasteiger charge is -2.06. The quantitative estimate of drug-likeness (QED) is 0.780. The summed E-state index contributed by atoms with van der Waals surface area (Å²) < 4.78 is 2.03. The maximum Gasteiger partial charge on any atom is 0.137 e. The molecule has 4 nitrogen and oxygen atoms in total. The zero-order valence-corrected chi connectivity index (χ0v) is 11.5. The molecule has 2 N–H and O–H groups in total. The maximum atomic E-state index is 5.80. The predicted molar refractivity (Wildman–Crippen MR) is 85.7 cm³/mol. The zero-order valence-electron chi connectivity index (χ0n) is 11.5. The SMILES string of the molecule is C=Cc1cnc2ccc(-c3ccc4c(c3)N=C(N)C4)cn12. The molecular weight excluding hydrogens is 260 g/mol. The Kier molecular flexibility index (Phi) is 2.44. The summed E-state index contributed by atoms with van der Waals surface area (Å²) in [6.07, 6.45) is 6.44. The van der Waals surface area contributed by atoms with Crippen molar-refractivity contribution < 1.29 is 0 Å². The molecule has 0 atom stereocenters. The zero-order chi connectivity index (χ0) is 14.4. The lowest BCUT2D eigenvalue weighted by atomic mass is 10.0. The van der Waals surface area contributed by atoms with Gasteiger partial charge in [-0.2, -0.15) is 0 Å². The molecule has 0 radical (unpaired) electrons. The fraction of sp³-hybridized carbons (Fsp3) is 0.0588. The van der Waals surface area contributed by atoms with Crippen LogP contribution in [0.1, 0.15) is 11.3 Å². The molecule has 1 aromatic carbocycles. The lowest BCUT2D eigenvalue weighted by molar-refractivity contribution is 1.17. The Balaban J connectivity index is 1.86. The monoisotopic (exact) mass is 274 g/mol. The summed E-state index contributed by atoms with van der Waals surface area (Å²) in [5.41, 5.74) is 12.1. The van der Waals surface area contributed by atoms with Crippen molar-refractivity contribution in [3.05, 3.63) is 60.6 Å². The lowest BCUT2D eigenvalue weighted by Crippen LogP contribution is -2.09. The summed E-state index contributed by atoms with van der Waals surface area (Å²) >= 11 is 0. The molecule has 21 heavy (non-hydrogen) atoms. The van der Waals surface area contributed by atoms with Crippen LogP contribution in [0, 0.1) is 0 Å². The molecule has 0 saturated heterocycles. The van der Waals surface area contributed by atoms with E-state index in [1.165, 1.54) is 5.56 Å². The number of nitrogens with two attached hydrogens (primary N) is 1. The van der Waals surface area contributed by atoms with E-state index in [4.69, 9.17) is 5.73 Å². The molecule has 0 saturated carbocycles. The van der Waals surface area contributed by atoms with Crippen molar-refractivity contribution in [3.63, 3.8) is 0 Å². The van der Waals surface area contributed by atoms with Gasteiger partial charge in [-0.25, -0.2) is 9.98 Å². The number of pyridine rings is 1. The minimum atomic E-state index is 0.682. The molecule has 4 heteroatoms. The molecule has 1 aliphatic rings. The predicted octanol–water partition coefficient (Wildman–Crippen LogP) is 3.19. The maximum absolute atomic E-state index is 5.80. The van der Waals surface area contributed by atoms with Crippen LogP contribution in [0.4, 0.5) is 5.69 Å². The van der Waals surface area contributed by atoms with E-state index in [-0.39, 0.29) is 0 Å². The molecule has 1 aliphatic heterocycles. The van der Waals surface area contributed by atoms with Crippen LogP contribution in [0.15, 0.2) is 54.3 Å². The van der Waals surface area contributed by atoms with Crippen molar-refractivity contribution in [1.29, 1.82) is 0 Å². The van der Waals surface area contributed by atoms with Crippen LogP contribution >= 0.6 is 0 Å². The summed E-state index contributed by atoms with van der Waals surface area (Å²) in [7, 11) is 0. The van der Waals surface area contributed by atoms with Gasteiger partial charge in [-0.05, 0) is 41.0 Å². The van der Waals surface area contributed by atoms with Gasteiger partial charge >= 0.3 is 0 Å². The average Bonchev–Trinajstić information content (AvgIpc) is 3.07. The molecule has 0 spiro atoms. The number of aromatic nitrogens is 2. The summed E-state index contributed by atoms with van der Waals surface area (Å²) in [6, 6.07) is 10.4. The Morgan fingerprint density at radius 2 is 2.05 bits per heavy atom. The first-order chi connectivity index (χ1) is 10.2. The summed E-state index contributed by atoms with van der Waals surface area (Å²) in [5, 5.41) is 0. The highest BCUT2D eigenvalue weighted by Crippen LogP contribution is 2.31. The first-order valence-corrected chi connectivity index (χ1v) is 6.80. The molecule has 3 heterocycles.